The van der Waals surface area contributed by atoms with Crippen molar-refractivity contribution in [2.75, 3.05) is 0 Å². The Morgan fingerprint density at radius 1 is 1.69 bits per heavy atom. The molecule has 0 aliphatic carbocycles. The van der Waals surface area contributed by atoms with Gasteiger partial charge < -0.3 is 5.73 Å². The van der Waals surface area contributed by atoms with Gasteiger partial charge in [-0.15, -0.1) is 10.2 Å². The second-order valence-electron chi connectivity index (χ2n) is 2.49. The van der Waals surface area contributed by atoms with E-state index in [1.165, 1.54) is 4.68 Å². The average Bonchev–Trinajstić information content (AvgIpc) is 2.24. The summed E-state index contributed by atoms with van der Waals surface area (Å²) in [6.45, 7) is 1.72. The maximum atomic E-state index is 11.3. The first-order valence-electron chi connectivity index (χ1n) is 3.49. The summed E-state index contributed by atoms with van der Waals surface area (Å²) in [5, 5.41) is 9.72. The number of nitrogens with two attached hydrogens (primary N) is 1. The lowest BCUT2D eigenvalue weighted by Gasteiger charge is -1.84. The van der Waals surface area contributed by atoms with Crippen LogP contribution in [0.25, 0.3) is 0 Å². The maximum absolute atomic E-state index is 11.3. The molecular formula is C6H9N5OS. The number of aromatic amines is 1. The van der Waals surface area contributed by atoms with E-state index < -0.39 is 0 Å². The van der Waals surface area contributed by atoms with Gasteiger partial charge in [-0.3, -0.25) is 14.6 Å². The number of hydrogen-bond donors (Lipinski definition) is 2. The van der Waals surface area contributed by atoms with Gasteiger partial charge in [0, 0.05) is 7.05 Å². The SMILES string of the molecule is Cc1[nH]n(C)c(=O)c1N=NC(N)=S. The van der Waals surface area contributed by atoms with Crippen LogP contribution in [0.5, 0.6) is 0 Å². The van der Waals surface area contributed by atoms with Crippen molar-refractivity contribution in [1.29, 1.82) is 0 Å². The van der Waals surface area contributed by atoms with Gasteiger partial charge in [0.15, 0.2) is 5.69 Å². The van der Waals surface area contributed by atoms with Gasteiger partial charge in [-0.25, -0.2) is 0 Å². The van der Waals surface area contributed by atoms with Crippen LogP contribution in [0.4, 0.5) is 5.69 Å². The van der Waals surface area contributed by atoms with E-state index in [1.54, 1.807) is 14.0 Å². The lowest BCUT2D eigenvalue weighted by Crippen LogP contribution is -2.11. The lowest BCUT2D eigenvalue weighted by molar-refractivity contribution is 0.731. The minimum Gasteiger partial charge on any atom is -0.373 e. The topological polar surface area (TPSA) is 88.5 Å². The molecule has 0 amide bonds. The molecular weight excluding hydrogens is 190 g/mol. The molecule has 0 fully saturated rings. The Balaban J connectivity index is 3.15. The first-order valence-corrected chi connectivity index (χ1v) is 3.90. The Kier molecular flexibility index (Phi) is 2.57. The monoisotopic (exact) mass is 199 g/mol. The number of azo groups is 1. The van der Waals surface area contributed by atoms with Gasteiger partial charge in [-0.1, -0.05) is 0 Å². The summed E-state index contributed by atoms with van der Waals surface area (Å²) >= 11 is 4.49. The number of aromatic nitrogens is 2. The van der Waals surface area contributed by atoms with Crippen molar-refractivity contribution in [1.82, 2.24) is 9.78 Å². The summed E-state index contributed by atoms with van der Waals surface area (Å²) in [7, 11) is 1.59. The second-order valence-corrected chi connectivity index (χ2v) is 2.91. The largest absolute Gasteiger partial charge is 0.373 e. The Bertz CT molecular complexity index is 415. The molecule has 0 radical (unpaired) electrons. The molecule has 0 saturated heterocycles. The number of hydrogen-bond acceptors (Lipinski definition) is 3. The summed E-state index contributed by atoms with van der Waals surface area (Å²) < 4.78 is 1.31. The van der Waals surface area contributed by atoms with Crippen LogP contribution in [0.15, 0.2) is 15.0 Å². The summed E-state index contributed by atoms with van der Waals surface area (Å²) in [4.78, 5) is 11.3. The summed E-state index contributed by atoms with van der Waals surface area (Å²) in [5.41, 5.74) is 5.71. The lowest BCUT2D eigenvalue weighted by atomic mass is 10.4. The van der Waals surface area contributed by atoms with Crippen molar-refractivity contribution in [2.45, 2.75) is 6.92 Å². The van der Waals surface area contributed by atoms with Crippen LogP contribution in [-0.2, 0) is 7.05 Å². The summed E-state index contributed by atoms with van der Waals surface area (Å²) in [6, 6.07) is 0. The highest BCUT2D eigenvalue weighted by atomic mass is 32.1. The molecule has 1 aromatic heterocycles. The molecule has 0 bridgehead atoms. The van der Waals surface area contributed by atoms with Gasteiger partial charge in [-0.2, -0.15) is 0 Å². The van der Waals surface area contributed by atoms with Gasteiger partial charge in [0.25, 0.3) is 5.56 Å². The van der Waals surface area contributed by atoms with E-state index in [1.807, 2.05) is 0 Å². The van der Waals surface area contributed by atoms with Gasteiger partial charge in [-0.05, 0) is 19.1 Å². The molecule has 0 aromatic carbocycles. The second kappa shape index (κ2) is 3.48. The van der Waals surface area contributed by atoms with Crippen molar-refractivity contribution in [2.24, 2.45) is 23.0 Å². The molecule has 1 rings (SSSR count). The van der Waals surface area contributed by atoms with Crippen molar-refractivity contribution in [3.8, 4) is 0 Å². The first-order chi connectivity index (χ1) is 6.02. The molecule has 70 valence electrons. The molecule has 3 N–H and O–H groups in total. The molecule has 0 atom stereocenters. The molecule has 0 spiro atoms. The molecule has 0 aliphatic heterocycles. The summed E-state index contributed by atoms with van der Waals surface area (Å²) in [5.74, 6) is 0. The van der Waals surface area contributed by atoms with Crippen LogP contribution >= 0.6 is 12.2 Å². The fourth-order valence-corrected chi connectivity index (χ4v) is 0.932. The molecule has 0 saturated carbocycles. The maximum Gasteiger partial charge on any atom is 0.294 e. The van der Waals surface area contributed by atoms with Crippen molar-refractivity contribution < 1.29 is 0 Å². The number of H-pyrrole nitrogens is 1. The number of rotatable bonds is 1. The minimum absolute atomic E-state index is 0.0948. The first kappa shape index (κ1) is 9.59. The third kappa shape index (κ3) is 2.00. The fraction of sp³-hybridized carbons (Fsp3) is 0.333. The highest BCUT2D eigenvalue weighted by Crippen LogP contribution is 2.09. The summed E-state index contributed by atoms with van der Waals surface area (Å²) in [6.07, 6.45) is 0. The van der Waals surface area contributed by atoms with Crippen LogP contribution in [-0.4, -0.2) is 14.9 Å². The van der Waals surface area contributed by atoms with Crippen molar-refractivity contribution >= 4 is 23.0 Å². The molecule has 1 aromatic rings. The van der Waals surface area contributed by atoms with E-state index in [0.29, 0.717) is 5.69 Å². The normalized spacial score (nSPS) is 10.9. The van der Waals surface area contributed by atoms with E-state index >= 15 is 0 Å². The Hall–Kier alpha value is -1.50. The van der Waals surface area contributed by atoms with Crippen LogP contribution in [0.2, 0.25) is 0 Å². The highest BCUT2D eigenvalue weighted by Gasteiger charge is 2.06. The predicted octanol–water partition coefficient (Wildman–Crippen LogP) is 0.349. The molecule has 0 unspecified atom stereocenters. The molecule has 7 heteroatoms. The Labute approximate surface area is 79.4 Å². The zero-order chi connectivity index (χ0) is 10.0. The zero-order valence-electron chi connectivity index (χ0n) is 7.24. The number of nitrogens with one attached hydrogen (secondary N) is 1. The molecule has 6 nitrogen and oxygen atoms in total. The Morgan fingerprint density at radius 3 is 2.69 bits per heavy atom. The van der Waals surface area contributed by atoms with Gasteiger partial charge >= 0.3 is 0 Å². The number of thiocarbonyl (C=S) groups is 1. The number of aryl methyl sites for hydroxylation is 2. The van der Waals surface area contributed by atoms with Gasteiger partial charge in [0.05, 0.1) is 5.69 Å². The van der Waals surface area contributed by atoms with Crippen LogP contribution in [0.1, 0.15) is 5.69 Å². The molecule has 1 heterocycles. The minimum atomic E-state index is -0.252. The zero-order valence-corrected chi connectivity index (χ0v) is 8.05. The van der Waals surface area contributed by atoms with Crippen LogP contribution in [0, 0.1) is 6.92 Å². The highest BCUT2D eigenvalue weighted by molar-refractivity contribution is 7.80. The van der Waals surface area contributed by atoms with Crippen LogP contribution < -0.4 is 11.3 Å². The van der Waals surface area contributed by atoms with E-state index in [0.717, 1.165) is 0 Å². The number of nitrogens with zero attached hydrogens (tertiary/aromatic N) is 3. The quantitative estimate of drug-likeness (QED) is 0.505. The molecule has 0 aliphatic rings. The van der Waals surface area contributed by atoms with E-state index in [9.17, 15) is 4.79 Å². The van der Waals surface area contributed by atoms with E-state index in [-0.39, 0.29) is 16.4 Å². The third-order valence-corrected chi connectivity index (χ3v) is 1.53. The third-order valence-electron chi connectivity index (χ3n) is 1.45. The predicted molar refractivity (Wildman–Crippen MR) is 52.1 cm³/mol. The van der Waals surface area contributed by atoms with Crippen molar-refractivity contribution in [3.05, 3.63) is 16.0 Å². The fourth-order valence-electron chi connectivity index (χ4n) is 0.892. The van der Waals surface area contributed by atoms with Gasteiger partial charge in [0.1, 0.15) is 0 Å². The van der Waals surface area contributed by atoms with E-state index in [2.05, 4.69) is 27.5 Å². The van der Waals surface area contributed by atoms with Gasteiger partial charge in [0.2, 0.25) is 5.11 Å². The Morgan fingerprint density at radius 2 is 2.31 bits per heavy atom. The standard InChI is InChI=1S/C6H9N5OS/c1-3-4(8-9-6(7)13)5(12)11(2)10-3/h10H,1-2H3,(H2,7,13). The van der Waals surface area contributed by atoms with Crippen molar-refractivity contribution in [3.63, 3.8) is 0 Å². The smallest absolute Gasteiger partial charge is 0.294 e. The average molecular weight is 199 g/mol. The van der Waals surface area contributed by atoms with Crippen LogP contribution in [0.3, 0.4) is 0 Å². The van der Waals surface area contributed by atoms with E-state index in [4.69, 9.17) is 5.73 Å². The molecule has 13 heavy (non-hydrogen) atoms.